The van der Waals surface area contributed by atoms with Gasteiger partial charge in [0.15, 0.2) is 5.11 Å². The molecule has 1 unspecified atom stereocenters. The standard InChI is InChI=1S/C16H14ClN3OS2/c1-9-13(15(21)19-11-6-3-2-5-10(11)17)14(20-16(22)18-9)12-7-4-8-23-12/h2-8,14H,1H3,(H,19,21)(H2,18,20,22). The third-order valence-corrected chi connectivity index (χ3v) is 4.95. The summed E-state index contributed by atoms with van der Waals surface area (Å²) in [6, 6.07) is 10.8. The molecule has 3 N–H and O–H groups in total. The number of carbonyl (C=O) groups is 1. The minimum absolute atomic E-state index is 0.212. The molecule has 7 heteroatoms. The summed E-state index contributed by atoms with van der Waals surface area (Å²) in [5, 5.41) is 12.0. The highest BCUT2D eigenvalue weighted by Gasteiger charge is 2.30. The lowest BCUT2D eigenvalue weighted by Crippen LogP contribution is -2.45. The van der Waals surface area contributed by atoms with Crippen molar-refractivity contribution in [3.05, 3.63) is 62.9 Å². The van der Waals surface area contributed by atoms with Gasteiger partial charge in [-0.2, -0.15) is 0 Å². The van der Waals surface area contributed by atoms with Crippen LogP contribution in [0.2, 0.25) is 5.02 Å². The van der Waals surface area contributed by atoms with Gasteiger partial charge in [0.2, 0.25) is 0 Å². The number of halogens is 1. The van der Waals surface area contributed by atoms with E-state index in [0.29, 0.717) is 21.4 Å². The molecule has 0 aliphatic carbocycles. The second kappa shape index (κ2) is 6.70. The Hall–Kier alpha value is -1.89. The van der Waals surface area contributed by atoms with Crippen molar-refractivity contribution >= 4 is 51.9 Å². The molecule has 1 aliphatic rings. The van der Waals surface area contributed by atoms with Gasteiger partial charge in [-0.3, -0.25) is 4.79 Å². The summed E-state index contributed by atoms with van der Waals surface area (Å²) in [6.45, 7) is 1.84. The molecule has 1 aromatic heterocycles. The van der Waals surface area contributed by atoms with Gasteiger partial charge < -0.3 is 16.0 Å². The van der Waals surface area contributed by atoms with Crippen molar-refractivity contribution in [1.82, 2.24) is 10.6 Å². The molecule has 23 heavy (non-hydrogen) atoms. The van der Waals surface area contributed by atoms with Gasteiger partial charge in [-0.25, -0.2) is 0 Å². The maximum absolute atomic E-state index is 12.8. The Morgan fingerprint density at radius 1 is 1.30 bits per heavy atom. The highest BCUT2D eigenvalue weighted by atomic mass is 35.5. The Kier molecular flexibility index (Phi) is 4.66. The van der Waals surface area contributed by atoms with Crippen molar-refractivity contribution in [3.8, 4) is 0 Å². The van der Waals surface area contributed by atoms with Crippen LogP contribution in [0.5, 0.6) is 0 Å². The van der Waals surface area contributed by atoms with E-state index in [1.807, 2.05) is 36.6 Å². The Morgan fingerprint density at radius 2 is 2.09 bits per heavy atom. The predicted octanol–water partition coefficient (Wildman–Crippen LogP) is 3.83. The minimum Gasteiger partial charge on any atom is -0.350 e. The van der Waals surface area contributed by atoms with Crippen LogP contribution in [0.25, 0.3) is 0 Å². The number of nitrogens with one attached hydrogen (secondary N) is 3. The molecule has 0 radical (unpaired) electrons. The van der Waals surface area contributed by atoms with Crippen LogP contribution < -0.4 is 16.0 Å². The summed E-state index contributed by atoms with van der Waals surface area (Å²) in [7, 11) is 0. The fourth-order valence-corrected chi connectivity index (χ4v) is 3.65. The maximum Gasteiger partial charge on any atom is 0.255 e. The molecule has 2 aromatic rings. The zero-order valence-electron chi connectivity index (χ0n) is 12.2. The number of anilines is 1. The molecule has 0 spiro atoms. The maximum atomic E-state index is 12.8. The van der Waals surface area contributed by atoms with Crippen molar-refractivity contribution in [2.75, 3.05) is 5.32 Å². The van der Waals surface area contributed by atoms with Crippen molar-refractivity contribution in [2.45, 2.75) is 13.0 Å². The van der Waals surface area contributed by atoms with Crippen LogP contribution in [0.1, 0.15) is 17.8 Å². The van der Waals surface area contributed by atoms with E-state index < -0.39 is 0 Å². The Morgan fingerprint density at radius 3 is 2.78 bits per heavy atom. The molecule has 0 saturated carbocycles. The smallest absolute Gasteiger partial charge is 0.255 e. The molecular weight excluding hydrogens is 350 g/mol. The number of rotatable bonds is 3. The van der Waals surface area contributed by atoms with Crippen LogP contribution in [0, 0.1) is 0 Å². The lowest BCUT2D eigenvalue weighted by Gasteiger charge is -2.29. The van der Waals surface area contributed by atoms with Gasteiger partial charge in [-0.15, -0.1) is 11.3 Å². The molecule has 1 atom stereocenters. The van der Waals surface area contributed by atoms with E-state index in [2.05, 4.69) is 16.0 Å². The molecular formula is C16H14ClN3OS2. The van der Waals surface area contributed by atoms with E-state index in [1.54, 1.807) is 23.5 Å². The van der Waals surface area contributed by atoms with E-state index in [4.69, 9.17) is 23.8 Å². The van der Waals surface area contributed by atoms with Crippen LogP contribution in [0.4, 0.5) is 5.69 Å². The van der Waals surface area contributed by atoms with Gasteiger partial charge in [0.25, 0.3) is 5.91 Å². The van der Waals surface area contributed by atoms with Crippen LogP contribution in [0.15, 0.2) is 53.0 Å². The third kappa shape index (κ3) is 3.39. The van der Waals surface area contributed by atoms with E-state index in [1.165, 1.54) is 0 Å². The Balaban J connectivity index is 1.94. The number of benzene rings is 1. The molecule has 1 aliphatic heterocycles. The quantitative estimate of drug-likeness (QED) is 0.725. The summed E-state index contributed by atoms with van der Waals surface area (Å²) in [6.07, 6.45) is 0. The monoisotopic (exact) mass is 363 g/mol. The molecule has 3 rings (SSSR count). The zero-order valence-corrected chi connectivity index (χ0v) is 14.6. The van der Waals surface area contributed by atoms with E-state index in [0.717, 1.165) is 10.6 Å². The van der Waals surface area contributed by atoms with Gasteiger partial charge in [0, 0.05) is 10.6 Å². The zero-order chi connectivity index (χ0) is 16.4. The van der Waals surface area contributed by atoms with Gasteiger partial charge in [0.1, 0.15) is 0 Å². The first kappa shape index (κ1) is 16.0. The molecule has 2 heterocycles. The van der Waals surface area contributed by atoms with Crippen molar-refractivity contribution in [3.63, 3.8) is 0 Å². The summed E-state index contributed by atoms with van der Waals surface area (Å²) < 4.78 is 0. The number of hydrogen-bond acceptors (Lipinski definition) is 3. The van der Waals surface area contributed by atoms with Crippen molar-refractivity contribution < 1.29 is 4.79 Å². The van der Waals surface area contributed by atoms with E-state index in [9.17, 15) is 4.79 Å². The molecule has 0 bridgehead atoms. The summed E-state index contributed by atoms with van der Waals surface area (Å²) >= 11 is 12.9. The number of thiocarbonyl (C=S) groups is 1. The summed E-state index contributed by atoms with van der Waals surface area (Å²) in [5.74, 6) is -0.212. The summed E-state index contributed by atoms with van der Waals surface area (Å²) in [5.41, 5.74) is 1.91. The molecule has 1 aromatic carbocycles. The average Bonchev–Trinajstić information content (AvgIpc) is 3.03. The van der Waals surface area contributed by atoms with Gasteiger partial charge in [-0.05, 0) is 42.7 Å². The van der Waals surface area contributed by atoms with Gasteiger partial charge >= 0.3 is 0 Å². The largest absolute Gasteiger partial charge is 0.350 e. The topological polar surface area (TPSA) is 53.2 Å². The highest BCUT2D eigenvalue weighted by Crippen LogP contribution is 2.31. The Bertz CT molecular complexity index is 786. The van der Waals surface area contributed by atoms with Gasteiger partial charge in [0.05, 0.1) is 22.3 Å². The number of carbonyl (C=O) groups excluding carboxylic acids is 1. The van der Waals surface area contributed by atoms with E-state index >= 15 is 0 Å². The number of allylic oxidation sites excluding steroid dienone is 1. The second-order valence-electron chi connectivity index (χ2n) is 5.02. The van der Waals surface area contributed by atoms with Crippen LogP contribution >= 0.6 is 35.2 Å². The lowest BCUT2D eigenvalue weighted by atomic mass is 10.0. The first-order valence-electron chi connectivity index (χ1n) is 6.94. The van der Waals surface area contributed by atoms with Gasteiger partial charge in [-0.1, -0.05) is 29.8 Å². The normalized spacial score (nSPS) is 17.5. The fraction of sp³-hybridized carbons (Fsp3) is 0.125. The van der Waals surface area contributed by atoms with Crippen LogP contribution in [-0.4, -0.2) is 11.0 Å². The molecule has 0 saturated heterocycles. The van der Waals surface area contributed by atoms with Crippen molar-refractivity contribution in [2.24, 2.45) is 0 Å². The minimum atomic E-state index is -0.272. The first-order valence-corrected chi connectivity index (χ1v) is 8.60. The number of para-hydroxylation sites is 1. The third-order valence-electron chi connectivity index (χ3n) is 3.46. The number of thiophene rings is 1. The van der Waals surface area contributed by atoms with Crippen LogP contribution in [0.3, 0.4) is 0 Å². The Labute approximate surface area is 148 Å². The highest BCUT2D eigenvalue weighted by molar-refractivity contribution is 7.80. The molecule has 1 amide bonds. The predicted molar refractivity (Wildman–Crippen MR) is 98.7 cm³/mol. The average molecular weight is 364 g/mol. The van der Waals surface area contributed by atoms with E-state index in [-0.39, 0.29) is 11.9 Å². The number of amides is 1. The fourth-order valence-electron chi connectivity index (χ4n) is 2.42. The molecule has 4 nitrogen and oxygen atoms in total. The number of hydrogen-bond donors (Lipinski definition) is 3. The van der Waals surface area contributed by atoms with Crippen LogP contribution in [-0.2, 0) is 4.79 Å². The summed E-state index contributed by atoms with van der Waals surface area (Å²) in [4.78, 5) is 13.8. The lowest BCUT2D eigenvalue weighted by molar-refractivity contribution is -0.113. The van der Waals surface area contributed by atoms with Crippen molar-refractivity contribution in [1.29, 1.82) is 0 Å². The molecule has 118 valence electrons. The second-order valence-corrected chi connectivity index (χ2v) is 6.81. The first-order chi connectivity index (χ1) is 11.1. The SMILES string of the molecule is CC1=C(C(=O)Nc2ccccc2Cl)C(c2cccs2)NC(=S)N1. The molecule has 0 fully saturated rings.